The van der Waals surface area contributed by atoms with Crippen molar-refractivity contribution in [3.63, 3.8) is 0 Å². The van der Waals surface area contributed by atoms with Crippen LogP contribution < -0.4 is 10.9 Å². The van der Waals surface area contributed by atoms with Crippen LogP contribution in [0.15, 0.2) is 33.4 Å². The Labute approximate surface area is 106 Å². The Kier molecular flexibility index (Phi) is 3.88. The second-order valence-electron chi connectivity index (χ2n) is 3.22. The number of H-pyrrole nitrogens is 1. The molecule has 6 nitrogen and oxygen atoms in total. The van der Waals surface area contributed by atoms with Crippen LogP contribution in [0.3, 0.4) is 0 Å². The topological polar surface area (TPSA) is 83.6 Å². The first-order valence-electron chi connectivity index (χ1n) is 5.18. The van der Waals surface area contributed by atoms with E-state index in [0.29, 0.717) is 12.5 Å². The number of nitrogens with zero attached hydrogens (tertiary/aromatic N) is 3. The Balaban J connectivity index is 2.27. The van der Waals surface area contributed by atoms with Gasteiger partial charge in [0.25, 0.3) is 5.56 Å². The van der Waals surface area contributed by atoms with Gasteiger partial charge >= 0.3 is 0 Å². The summed E-state index contributed by atoms with van der Waals surface area (Å²) in [5.74, 6) is -0.229. The number of halogens is 1. The highest BCUT2D eigenvalue weighted by atomic mass is 32.2. The molecule has 8 heteroatoms. The van der Waals surface area contributed by atoms with Crippen LogP contribution in [0.4, 0.5) is 10.3 Å². The maximum absolute atomic E-state index is 13.5. The molecule has 0 radical (unpaired) electrons. The van der Waals surface area contributed by atoms with Gasteiger partial charge in [0.2, 0.25) is 5.95 Å². The van der Waals surface area contributed by atoms with Crippen molar-refractivity contribution in [1.82, 2.24) is 19.9 Å². The molecule has 18 heavy (non-hydrogen) atoms. The third-order valence-corrected chi connectivity index (χ3v) is 2.77. The molecule has 2 heterocycles. The average molecular weight is 267 g/mol. The van der Waals surface area contributed by atoms with E-state index in [4.69, 9.17) is 0 Å². The van der Waals surface area contributed by atoms with Crippen molar-refractivity contribution in [3.05, 3.63) is 34.6 Å². The minimum atomic E-state index is -0.562. The predicted octanol–water partition coefficient (Wildman–Crippen LogP) is 1.28. The zero-order valence-electron chi connectivity index (χ0n) is 9.48. The standard InChI is InChI=1S/C10H10FN5OS/c1-2-12-9-14-5-6(11)8(16-9)18-10-13-4-3-7(17)15-10/h3-5H,2H2,1H3,(H,12,14,16)(H,13,15,17). The lowest BCUT2D eigenvalue weighted by molar-refractivity contribution is 0.579. The first-order chi connectivity index (χ1) is 8.69. The fourth-order valence-electron chi connectivity index (χ4n) is 1.16. The summed E-state index contributed by atoms with van der Waals surface area (Å²) in [4.78, 5) is 25.3. The van der Waals surface area contributed by atoms with Gasteiger partial charge in [-0.05, 0) is 18.7 Å². The normalized spacial score (nSPS) is 10.3. The fourth-order valence-corrected chi connectivity index (χ4v) is 1.89. The lowest BCUT2D eigenvalue weighted by Gasteiger charge is -2.04. The van der Waals surface area contributed by atoms with E-state index in [1.165, 1.54) is 12.3 Å². The molecule has 0 spiro atoms. The summed E-state index contributed by atoms with van der Waals surface area (Å²) >= 11 is 0.936. The van der Waals surface area contributed by atoms with Crippen LogP contribution in [0.1, 0.15) is 6.92 Å². The highest BCUT2D eigenvalue weighted by Crippen LogP contribution is 2.24. The van der Waals surface area contributed by atoms with Crippen LogP contribution in [0.25, 0.3) is 0 Å². The number of aromatic amines is 1. The van der Waals surface area contributed by atoms with Crippen molar-refractivity contribution in [2.75, 3.05) is 11.9 Å². The Bertz CT molecular complexity index is 603. The van der Waals surface area contributed by atoms with Gasteiger partial charge in [-0.2, -0.15) is 0 Å². The molecule has 0 aliphatic rings. The van der Waals surface area contributed by atoms with E-state index in [9.17, 15) is 9.18 Å². The molecule has 0 aliphatic carbocycles. The molecule has 2 aromatic rings. The van der Waals surface area contributed by atoms with E-state index in [1.54, 1.807) is 0 Å². The summed E-state index contributed by atoms with van der Waals surface area (Å²) in [5.41, 5.74) is -0.297. The Morgan fingerprint density at radius 2 is 2.33 bits per heavy atom. The number of hydrogen-bond donors (Lipinski definition) is 2. The number of anilines is 1. The number of hydrogen-bond acceptors (Lipinski definition) is 6. The molecule has 0 aromatic carbocycles. The molecular weight excluding hydrogens is 257 g/mol. The summed E-state index contributed by atoms with van der Waals surface area (Å²) < 4.78 is 13.5. The van der Waals surface area contributed by atoms with Crippen molar-refractivity contribution in [2.24, 2.45) is 0 Å². The maximum atomic E-state index is 13.5. The fraction of sp³-hybridized carbons (Fsp3) is 0.200. The molecule has 2 N–H and O–H groups in total. The van der Waals surface area contributed by atoms with Crippen LogP contribution >= 0.6 is 11.8 Å². The second-order valence-corrected chi connectivity index (χ2v) is 4.20. The molecule has 0 bridgehead atoms. The summed E-state index contributed by atoms with van der Waals surface area (Å²) in [7, 11) is 0. The van der Waals surface area contributed by atoms with E-state index in [0.717, 1.165) is 18.0 Å². The first-order valence-corrected chi connectivity index (χ1v) is 6.00. The highest BCUT2D eigenvalue weighted by Gasteiger charge is 2.09. The van der Waals surface area contributed by atoms with E-state index in [1.807, 2.05) is 6.92 Å². The minimum absolute atomic E-state index is 0.107. The lowest BCUT2D eigenvalue weighted by atomic mass is 10.6. The first kappa shape index (κ1) is 12.5. The van der Waals surface area contributed by atoms with Crippen molar-refractivity contribution in [3.8, 4) is 0 Å². The van der Waals surface area contributed by atoms with Gasteiger partial charge in [0, 0.05) is 18.8 Å². The minimum Gasteiger partial charge on any atom is -0.354 e. The maximum Gasteiger partial charge on any atom is 0.251 e. The van der Waals surface area contributed by atoms with Gasteiger partial charge in [0.05, 0.1) is 6.20 Å². The zero-order chi connectivity index (χ0) is 13.0. The Hall–Kier alpha value is -1.96. The molecule has 0 saturated carbocycles. The van der Waals surface area contributed by atoms with Gasteiger partial charge in [-0.15, -0.1) is 0 Å². The largest absolute Gasteiger partial charge is 0.354 e. The number of rotatable bonds is 4. The lowest BCUT2D eigenvalue weighted by Crippen LogP contribution is -2.06. The molecule has 0 amide bonds. The highest BCUT2D eigenvalue weighted by molar-refractivity contribution is 7.99. The SMILES string of the molecule is CCNc1ncc(F)c(Sc2nccc(=O)[nH]2)n1. The smallest absolute Gasteiger partial charge is 0.251 e. The summed E-state index contributed by atoms with van der Waals surface area (Å²) in [5, 5.41) is 3.26. The van der Waals surface area contributed by atoms with Gasteiger partial charge in [-0.25, -0.2) is 19.3 Å². The van der Waals surface area contributed by atoms with Gasteiger partial charge in [-0.3, -0.25) is 4.79 Å². The van der Waals surface area contributed by atoms with Crippen molar-refractivity contribution in [1.29, 1.82) is 0 Å². The number of aromatic nitrogens is 4. The average Bonchev–Trinajstić information content (AvgIpc) is 2.34. The molecule has 94 valence electrons. The van der Waals surface area contributed by atoms with Crippen molar-refractivity contribution < 1.29 is 4.39 Å². The molecule has 2 rings (SSSR count). The van der Waals surface area contributed by atoms with Crippen LogP contribution in [0.2, 0.25) is 0 Å². The van der Waals surface area contributed by atoms with Gasteiger partial charge in [0.1, 0.15) is 5.03 Å². The Morgan fingerprint density at radius 1 is 1.50 bits per heavy atom. The quantitative estimate of drug-likeness (QED) is 0.641. The third-order valence-electron chi connectivity index (χ3n) is 1.89. The van der Waals surface area contributed by atoms with E-state index in [-0.39, 0.29) is 15.7 Å². The monoisotopic (exact) mass is 267 g/mol. The Morgan fingerprint density at radius 3 is 3.06 bits per heavy atom. The van der Waals surface area contributed by atoms with Gasteiger partial charge < -0.3 is 10.3 Å². The predicted molar refractivity (Wildman–Crippen MR) is 65.1 cm³/mol. The van der Waals surface area contributed by atoms with Crippen LogP contribution in [-0.4, -0.2) is 26.5 Å². The van der Waals surface area contributed by atoms with Crippen LogP contribution in [0, 0.1) is 5.82 Å². The van der Waals surface area contributed by atoms with Crippen LogP contribution in [0.5, 0.6) is 0 Å². The molecule has 0 saturated heterocycles. The molecule has 0 fully saturated rings. The van der Waals surface area contributed by atoms with Gasteiger partial charge in [0.15, 0.2) is 11.0 Å². The summed E-state index contributed by atoms with van der Waals surface area (Å²) in [6.07, 6.45) is 2.43. The van der Waals surface area contributed by atoms with Crippen molar-refractivity contribution in [2.45, 2.75) is 17.1 Å². The molecule has 2 aromatic heterocycles. The molecule has 0 unspecified atom stereocenters. The molecule has 0 atom stereocenters. The van der Waals surface area contributed by atoms with Gasteiger partial charge in [-0.1, -0.05) is 0 Å². The van der Waals surface area contributed by atoms with Crippen molar-refractivity contribution >= 4 is 17.7 Å². The summed E-state index contributed by atoms with van der Waals surface area (Å²) in [6.45, 7) is 2.52. The number of nitrogens with one attached hydrogen (secondary N) is 2. The molecular formula is C10H10FN5OS. The van der Waals surface area contributed by atoms with E-state index in [2.05, 4.69) is 25.3 Å². The zero-order valence-corrected chi connectivity index (χ0v) is 10.3. The van der Waals surface area contributed by atoms with Crippen LogP contribution in [-0.2, 0) is 0 Å². The third kappa shape index (κ3) is 3.04. The van der Waals surface area contributed by atoms with E-state index < -0.39 is 5.82 Å². The second kappa shape index (κ2) is 5.58. The summed E-state index contributed by atoms with van der Waals surface area (Å²) in [6, 6.07) is 1.28. The van der Waals surface area contributed by atoms with E-state index >= 15 is 0 Å². The molecule has 0 aliphatic heterocycles.